The number of hydrogen-bond donors (Lipinski definition) is 1. The SMILES string of the molecule is CC(=O)c1nn(CC(=O)N2[C@H]3C[C@](C)(/C=C/CCCCN(C)C(=O)Cc4ccc(Br)nc4NC3=O)[C@H]2C)c2ccc(-c3cnc(C)nc3)cc12. The number of halogens is 1. The smallest absolute Gasteiger partial charge is 0.248 e. The lowest BCUT2D eigenvalue weighted by atomic mass is 9.81. The molecule has 1 N–H and O–H groups in total. The number of likely N-dealkylation sites (tertiary alicyclic amines) is 1. The molecule has 12 nitrogen and oxygen atoms in total. The van der Waals surface area contributed by atoms with Crippen LogP contribution in [0.15, 0.2) is 59.5 Å². The van der Waals surface area contributed by atoms with E-state index in [4.69, 9.17) is 0 Å². The maximum absolute atomic E-state index is 14.4. The van der Waals surface area contributed by atoms with Gasteiger partial charge in [-0.2, -0.15) is 5.10 Å². The van der Waals surface area contributed by atoms with Crippen molar-refractivity contribution in [2.45, 2.75) is 78.4 Å². The van der Waals surface area contributed by atoms with Gasteiger partial charge in [0, 0.05) is 60.9 Å². The number of fused-ring (bicyclic) bond motifs is 4. The molecular weight excluding hydrogens is 700 g/mol. The summed E-state index contributed by atoms with van der Waals surface area (Å²) >= 11 is 3.40. The van der Waals surface area contributed by atoms with Gasteiger partial charge in [-0.05, 0) is 79.2 Å². The Hall–Kier alpha value is -4.78. The normalized spacial score (nSPS) is 22.4. The largest absolute Gasteiger partial charge is 0.345 e. The van der Waals surface area contributed by atoms with Crippen molar-refractivity contribution in [2.24, 2.45) is 5.41 Å². The summed E-state index contributed by atoms with van der Waals surface area (Å²) in [5, 5.41) is 8.18. The van der Waals surface area contributed by atoms with Crippen LogP contribution < -0.4 is 5.32 Å². The summed E-state index contributed by atoms with van der Waals surface area (Å²) in [5.74, 6) is -0.0532. The van der Waals surface area contributed by atoms with Crippen molar-refractivity contribution in [1.29, 1.82) is 0 Å². The van der Waals surface area contributed by atoms with Crippen LogP contribution in [-0.2, 0) is 27.3 Å². The van der Waals surface area contributed by atoms with Gasteiger partial charge in [-0.3, -0.25) is 23.9 Å². The minimum Gasteiger partial charge on any atom is -0.345 e. The summed E-state index contributed by atoms with van der Waals surface area (Å²) in [4.78, 5) is 70.9. The summed E-state index contributed by atoms with van der Waals surface area (Å²) in [6.07, 6.45) is 10.8. The third-order valence-corrected chi connectivity index (χ3v) is 10.4. The molecule has 2 bridgehead atoms. The fourth-order valence-corrected chi connectivity index (χ4v) is 7.19. The van der Waals surface area contributed by atoms with E-state index in [1.54, 1.807) is 46.1 Å². The van der Waals surface area contributed by atoms with Gasteiger partial charge in [-0.15, -0.1) is 0 Å². The van der Waals surface area contributed by atoms with E-state index in [0.29, 0.717) is 39.9 Å². The van der Waals surface area contributed by atoms with Crippen molar-refractivity contribution in [3.05, 3.63) is 76.6 Å². The van der Waals surface area contributed by atoms with Gasteiger partial charge in [0.05, 0.1) is 11.9 Å². The van der Waals surface area contributed by atoms with E-state index in [2.05, 4.69) is 60.4 Å². The minimum absolute atomic E-state index is 0.0678. The Bertz CT molecular complexity index is 2010. The van der Waals surface area contributed by atoms with Crippen LogP contribution in [0.4, 0.5) is 5.82 Å². The van der Waals surface area contributed by atoms with Gasteiger partial charge in [0.25, 0.3) is 0 Å². The van der Waals surface area contributed by atoms with Gasteiger partial charge in [0.2, 0.25) is 17.7 Å². The first-order valence-corrected chi connectivity index (χ1v) is 17.6. The molecule has 4 aromatic rings. The van der Waals surface area contributed by atoms with E-state index in [0.717, 1.165) is 30.4 Å². The number of aryl methyl sites for hydroxylation is 1. The Morgan fingerprint density at radius 2 is 1.84 bits per heavy atom. The first kappa shape index (κ1) is 35.1. The monoisotopic (exact) mass is 740 g/mol. The van der Waals surface area contributed by atoms with Gasteiger partial charge >= 0.3 is 0 Å². The van der Waals surface area contributed by atoms with Gasteiger partial charge in [0.1, 0.15) is 34.5 Å². The molecule has 3 aromatic heterocycles. The van der Waals surface area contributed by atoms with Crippen LogP contribution in [0.1, 0.15) is 68.3 Å². The number of allylic oxidation sites excluding steroid dienone is 1. The number of rotatable bonds is 4. The number of anilines is 1. The molecule has 1 saturated heterocycles. The predicted molar refractivity (Wildman–Crippen MR) is 193 cm³/mol. The Balaban J connectivity index is 1.35. The fourth-order valence-electron chi connectivity index (χ4n) is 6.88. The number of likely N-dealkylation sites (N-methyl/N-ethyl adjacent to an activating group) is 1. The van der Waals surface area contributed by atoms with Crippen LogP contribution in [-0.4, -0.2) is 83.7 Å². The Morgan fingerprint density at radius 3 is 2.58 bits per heavy atom. The molecule has 6 rings (SSSR count). The van der Waals surface area contributed by atoms with Crippen molar-refractivity contribution in [3.8, 4) is 11.1 Å². The van der Waals surface area contributed by atoms with Gasteiger partial charge in [-0.25, -0.2) is 15.0 Å². The van der Waals surface area contributed by atoms with E-state index in [1.165, 1.54) is 6.92 Å². The van der Waals surface area contributed by atoms with E-state index in [-0.39, 0.29) is 54.0 Å². The molecule has 0 aliphatic carbocycles. The molecule has 13 heteroatoms. The Morgan fingerprint density at radius 1 is 1.08 bits per heavy atom. The third-order valence-electron chi connectivity index (χ3n) is 9.98. The molecule has 3 amide bonds. The van der Waals surface area contributed by atoms with E-state index in [9.17, 15) is 19.2 Å². The summed E-state index contributed by atoms with van der Waals surface area (Å²) < 4.78 is 2.06. The molecule has 0 radical (unpaired) electrons. The first-order valence-electron chi connectivity index (χ1n) is 16.8. The van der Waals surface area contributed by atoms with E-state index in [1.807, 2.05) is 32.0 Å². The van der Waals surface area contributed by atoms with Crippen LogP contribution in [0.3, 0.4) is 0 Å². The number of carbonyl (C=O) groups is 4. The van der Waals surface area contributed by atoms with E-state index < -0.39 is 11.5 Å². The molecule has 1 fully saturated rings. The zero-order chi connectivity index (χ0) is 35.7. The Labute approximate surface area is 299 Å². The van der Waals surface area contributed by atoms with Crippen molar-refractivity contribution < 1.29 is 19.2 Å². The second kappa shape index (κ2) is 14.2. The Kier molecular flexibility index (Phi) is 9.97. The van der Waals surface area contributed by atoms with Crippen molar-refractivity contribution in [2.75, 3.05) is 18.9 Å². The highest BCUT2D eigenvalue weighted by molar-refractivity contribution is 9.10. The second-order valence-corrected chi connectivity index (χ2v) is 14.3. The number of benzene rings is 1. The minimum atomic E-state index is -0.825. The maximum atomic E-state index is 14.4. The number of pyridine rings is 1. The molecule has 2 aliphatic rings. The van der Waals surface area contributed by atoms with Crippen molar-refractivity contribution in [1.82, 2.24) is 34.5 Å². The number of ketones is 1. The highest BCUT2D eigenvalue weighted by Gasteiger charge is 2.50. The lowest BCUT2D eigenvalue weighted by molar-refractivity contribution is -0.139. The molecule has 260 valence electrons. The molecule has 1 aromatic carbocycles. The number of hydrogen-bond acceptors (Lipinski definition) is 8. The zero-order valence-electron chi connectivity index (χ0n) is 28.9. The molecular formula is C37H41BrN8O4. The number of amides is 3. The average Bonchev–Trinajstić information content (AvgIpc) is 3.57. The molecule has 0 spiro atoms. The average molecular weight is 742 g/mol. The number of nitrogens with one attached hydrogen (secondary N) is 1. The van der Waals surface area contributed by atoms with Crippen LogP contribution in [0.2, 0.25) is 0 Å². The number of Topliss-reactive ketones (excluding diaryl/α,β-unsaturated/α-hetero) is 1. The topological polar surface area (TPSA) is 143 Å². The van der Waals surface area contributed by atoms with Gasteiger partial charge in [0.15, 0.2) is 5.78 Å². The third kappa shape index (κ3) is 7.09. The molecule has 2 aliphatic heterocycles. The highest BCUT2D eigenvalue weighted by atomic mass is 79.9. The van der Waals surface area contributed by atoms with Crippen LogP contribution in [0.5, 0.6) is 0 Å². The standard InChI is InChI=1S/C37H41BrN8O4/c1-22(47)34-28-16-25(27-19-39-24(3)40-20-27)10-12-29(28)45(43-34)21-33(49)46-23(2)37(4)14-8-6-7-9-15-44(5)32(48)17-26-11-13-31(38)41-35(26)42-36(50)30(46)18-37/h8,10-14,16,19-20,23,30H,6-7,9,15,17-18,21H2,1-5H3,(H,41,42,50)/b14-8+/t23-,30+,37+/m1/s1. The van der Waals surface area contributed by atoms with Gasteiger partial charge in [-0.1, -0.05) is 31.2 Å². The highest BCUT2D eigenvalue weighted by Crippen LogP contribution is 2.43. The number of aromatic nitrogens is 5. The molecule has 0 saturated carbocycles. The lowest BCUT2D eigenvalue weighted by Gasteiger charge is -2.31. The molecule has 50 heavy (non-hydrogen) atoms. The van der Waals surface area contributed by atoms with Gasteiger partial charge < -0.3 is 15.1 Å². The second-order valence-electron chi connectivity index (χ2n) is 13.5. The number of nitrogens with zero attached hydrogens (tertiary/aromatic N) is 7. The van der Waals surface area contributed by atoms with E-state index >= 15 is 0 Å². The number of carbonyl (C=O) groups excluding carboxylic acids is 4. The summed E-state index contributed by atoms with van der Waals surface area (Å²) in [5.41, 5.74) is 2.60. The maximum Gasteiger partial charge on any atom is 0.248 e. The predicted octanol–water partition coefficient (Wildman–Crippen LogP) is 5.54. The van der Waals surface area contributed by atoms with Crippen LogP contribution in [0.25, 0.3) is 22.0 Å². The molecule has 3 atom stereocenters. The van der Waals surface area contributed by atoms with Crippen LogP contribution >= 0.6 is 15.9 Å². The van der Waals surface area contributed by atoms with Crippen molar-refractivity contribution in [3.63, 3.8) is 0 Å². The van der Waals surface area contributed by atoms with Crippen molar-refractivity contribution >= 4 is 56.2 Å². The summed E-state index contributed by atoms with van der Waals surface area (Å²) in [7, 11) is 1.79. The van der Waals surface area contributed by atoms with Crippen LogP contribution in [0, 0.1) is 12.3 Å². The zero-order valence-corrected chi connectivity index (χ0v) is 30.5. The lowest BCUT2D eigenvalue weighted by Crippen LogP contribution is -2.48. The quantitative estimate of drug-likeness (QED) is 0.163. The molecule has 5 heterocycles. The summed E-state index contributed by atoms with van der Waals surface area (Å²) in [6.45, 7) is 7.77. The summed E-state index contributed by atoms with van der Waals surface area (Å²) in [6, 6.07) is 7.97. The first-order chi connectivity index (χ1) is 23.8. The molecule has 0 unspecified atom stereocenters. The fraction of sp³-hybridized carbons (Fsp3) is 0.405.